The molecular weight excluding hydrogens is 268 g/mol. The molecule has 0 amide bonds. The van der Waals surface area contributed by atoms with E-state index in [-0.39, 0.29) is 0 Å². The van der Waals surface area contributed by atoms with Gasteiger partial charge in [-0.3, -0.25) is 0 Å². The maximum Gasteiger partial charge on any atom is 0.241 e. The van der Waals surface area contributed by atoms with E-state index in [4.69, 9.17) is 0 Å². The summed E-state index contributed by atoms with van der Waals surface area (Å²) in [5, 5.41) is 5.07. The first-order valence-corrected chi connectivity index (χ1v) is 8.63. The van der Waals surface area contributed by atoms with Crippen molar-refractivity contribution in [3.63, 3.8) is 0 Å². The molecule has 0 aliphatic heterocycles. The van der Waals surface area contributed by atoms with E-state index < -0.39 is 10.0 Å². The van der Waals surface area contributed by atoms with E-state index in [1.807, 2.05) is 26.2 Å². The van der Waals surface area contributed by atoms with Crippen LogP contribution in [0.25, 0.3) is 0 Å². The molecule has 0 saturated carbocycles. The topological polar surface area (TPSA) is 58.2 Å². The molecule has 104 valence electrons. The predicted octanol–water partition coefficient (Wildman–Crippen LogP) is 2.32. The third-order valence-corrected chi connectivity index (χ3v) is 5.08. The zero-order valence-corrected chi connectivity index (χ0v) is 12.8. The van der Waals surface area contributed by atoms with Gasteiger partial charge in [0.2, 0.25) is 10.0 Å². The van der Waals surface area contributed by atoms with Crippen LogP contribution in [0.4, 0.5) is 0 Å². The molecule has 0 radical (unpaired) electrons. The van der Waals surface area contributed by atoms with Crippen molar-refractivity contribution in [1.29, 1.82) is 0 Å². The molecule has 1 aromatic rings. The van der Waals surface area contributed by atoms with Crippen molar-refractivity contribution in [2.45, 2.75) is 51.1 Å². The summed E-state index contributed by atoms with van der Waals surface area (Å²) in [6.45, 7) is 7.23. The first kappa shape index (κ1) is 15.6. The summed E-state index contributed by atoms with van der Waals surface area (Å²) < 4.78 is 26.8. The van der Waals surface area contributed by atoms with Gasteiger partial charge >= 0.3 is 0 Å². The minimum atomic E-state index is -3.35. The summed E-state index contributed by atoms with van der Waals surface area (Å²) in [4.78, 5) is 1.28. The summed E-state index contributed by atoms with van der Waals surface area (Å²) in [5.74, 6) is 0. The lowest BCUT2D eigenvalue weighted by atomic mass is 10.3. The molecule has 0 saturated heterocycles. The molecular formula is C12H22N2O2S2. The lowest BCUT2D eigenvalue weighted by molar-refractivity contribution is 0.569. The standard InChI is InChI=1S/C12H22N2O2S2/c1-4-5-7-14-18(15,16)12-6-8-17-11(12)9-13-10(2)3/h6,8,10,13-14H,4-5,7,9H2,1-3H3. The number of rotatable bonds is 8. The molecule has 0 fully saturated rings. The van der Waals surface area contributed by atoms with Gasteiger partial charge in [-0.1, -0.05) is 27.2 Å². The number of unbranched alkanes of at least 4 members (excludes halogenated alkanes) is 1. The third-order valence-electron chi connectivity index (χ3n) is 2.49. The van der Waals surface area contributed by atoms with Gasteiger partial charge < -0.3 is 5.32 Å². The van der Waals surface area contributed by atoms with Crippen LogP contribution in [-0.4, -0.2) is 21.0 Å². The summed E-state index contributed by atoms with van der Waals surface area (Å²) in [6, 6.07) is 2.02. The smallest absolute Gasteiger partial charge is 0.241 e. The van der Waals surface area contributed by atoms with Crippen molar-refractivity contribution in [1.82, 2.24) is 10.0 Å². The fraction of sp³-hybridized carbons (Fsp3) is 0.667. The number of thiophene rings is 1. The third kappa shape index (κ3) is 4.68. The van der Waals surface area contributed by atoms with E-state index >= 15 is 0 Å². The zero-order chi connectivity index (χ0) is 13.6. The van der Waals surface area contributed by atoms with Gasteiger partial charge in [-0.15, -0.1) is 11.3 Å². The monoisotopic (exact) mass is 290 g/mol. The van der Waals surface area contributed by atoms with E-state index in [0.717, 1.165) is 17.7 Å². The highest BCUT2D eigenvalue weighted by atomic mass is 32.2. The fourth-order valence-electron chi connectivity index (χ4n) is 1.46. The van der Waals surface area contributed by atoms with Crippen LogP contribution < -0.4 is 10.0 Å². The van der Waals surface area contributed by atoms with Gasteiger partial charge in [0.1, 0.15) is 0 Å². The Kier molecular flexibility index (Phi) is 6.28. The summed E-state index contributed by atoms with van der Waals surface area (Å²) in [6.07, 6.45) is 1.84. The van der Waals surface area contributed by atoms with Crippen LogP contribution in [0.3, 0.4) is 0 Å². The quantitative estimate of drug-likeness (QED) is 0.722. The van der Waals surface area contributed by atoms with Gasteiger partial charge in [0.25, 0.3) is 0 Å². The van der Waals surface area contributed by atoms with Gasteiger partial charge in [-0.25, -0.2) is 13.1 Å². The Balaban J connectivity index is 2.73. The van der Waals surface area contributed by atoms with Crippen LogP contribution in [0.2, 0.25) is 0 Å². The molecule has 0 bridgehead atoms. The second kappa shape index (κ2) is 7.23. The number of nitrogens with one attached hydrogen (secondary N) is 2. The molecule has 1 heterocycles. The molecule has 0 atom stereocenters. The Hall–Kier alpha value is -0.430. The van der Waals surface area contributed by atoms with Crippen LogP contribution in [0.15, 0.2) is 16.3 Å². The van der Waals surface area contributed by atoms with Crippen LogP contribution in [0.1, 0.15) is 38.5 Å². The number of sulfonamides is 1. The van der Waals surface area contributed by atoms with Crippen molar-refractivity contribution in [2.24, 2.45) is 0 Å². The Morgan fingerprint density at radius 1 is 1.39 bits per heavy atom. The minimum absolute atomic E-state index is 0.343. The van der Waals surface area contributed by atoms with Gasteiger partial charge in [0.15, 0.2) is 0 Å². The van der Waals surface area contributed by atoms with Crippen molar-refractivity contribution >= 4 is 21.4 Å². The minimum Gasteiger partial charge on any atom is -0.310 e. The molecule has 1 aromatic heterocycles. The molecule has 0 aliphatic rings. The lowest BCUT2D eigenvalue weighted by Gasteiger charge is -2.10. The molecule has 4 nitrogen and oxygen atoms in total. The lowest BCUT2D eigenvalue weighted by Crippen LogP contribution is -2.27. The van der Waals surface area contributed by atoms with Gasteiger partial charge in [0.05, 0.1) is 4.90 Å². The number of hydrogen-bond donors (Lipinski definition) is 2. The van der Waals surface area contributed by atoms with Crippen molar-refractivity contribution < 1.29 is 8.42 Å². The van der Waals surface area contributed by atoms with Crippen molar-refractivity contribution in [2.75, 3.05) is 6.54 Å². The molecule has 6 heteroatoms. The molecule has 0 aliphatic carbocycles. The highest BCUT2D eigenvalue weighted by Crippen LogP contribution is 2.21. The molecule has 0 aromatic carbocycles. The molecule has 18 heavy (non-hydrogen) atoms. The molecule has 1 rings (SSSR count). The normalized spacial score (nSPS) is 12.2. The molecule has 0 unspecified atom stereocenters. The SMILES string of the molecule is CCCCNS(=O)(=O)c1ccsc1CNC(C)C. The first-order valence-electron chi connectivity index (χ1n) is 6.26. The average molecular weight is 290 g/mol. The number of hydrogen-bond acceptors (Lipinski definition) is 4. The van der Waals surface area contributed by atoms with Crippen molar-refractivity contribution in [3.05, 3.63) is 16.3 Å². The Morgan fingerprint density at radius 2 is 2.11 bits per heavy atom. The van der Waals surface area contributed by atoms with Crippen LogP contribution in [0.5, 0.6) is 0 Å². The van der Waals surface area contributed by atoms with E-state index in [1.54, 1.807) is 6.07 Å². The maximum atomic E-state index is 12.1. The summed E-state index contributed by atoms with van der Waals surface area (Å²) >= 11 is 1.48. The van der Waals surface area contributed by atoms with Gasteiger partial charge in [-0.2, -0.15) is 0 Å². The Morgan fingerprint density at radius 3 is 2.72 bits per heavy atom. The second-order valence-electron chi connectivity index (χ2n) is 4.49. The highest BCUT2D eigenvalue weighted by Gasteiger charge is 2.18. The Bertz CT molecular complexity index is 452. The van der Waals surface area contributed by atoms with Crippen LogP contribution >= 0.6 is 11.3 Å². The van der Waals surface area contributed by atoms with E-state index in [2.05, 4.69) is 10.0 Å². The second-order valence-corrected chi connectivity index (χ2v) is 7.23. The molecule has 0 spiro atoms. The largest absolute Gasteiger partial charge is 0.310 e. The van der Waals surface area contributed by atoms with E-state index in [9.17, 15) is 8.42 Å². The first-order chi connectivity index (χ1) is 8.47. The predicted molar refractivity (Wildman–Crippen MR) is 76.4 cm³/mol. The van der Waals surface area contributed by atoms with E-state index in [1.165, 1.54) is 11.3 Å². The van der Waals surface area contributed by atoms with Gasteiger partial charge in [-0.05, 0) is 17.9 Å². The van der Waals surface area contributed by atoms with Crippen LogP contribution in [-0.2, 0) is 16.6 Å². The maximum absolute atomic E-state index is 12.1. The highest BCUT2D eigenvalue weighted by molar-refractivity contribution is 7.89. The fourth-order valence-corrected chi connectivity index (χ4v) is 3.92. The van der Waals surface area contributed by atoms with Crippen LogP contribution in [0, 0.1) is 0 Å². The summed E-state index contributed by atoms with van der Waals surface area (Å²) in [7, 11) is -3.35. The van der Waals surface area contributed by atoms with Crippen molar-refractivity contribution in [3.8, 4) is 0 Å². The van der Waals surface area contributed by atoms with E-state index in [0.29, 0.717) is 24.0 Å². The molecule has 2 N–H and O–H groups in total. The average Bonchev–Trinajstić information content (AvgIpc) is 2.75. The zero-order valence-electron chi connectivity index (χ0n) is 11.2. The Labute approximate surface area is 114 Å². The van der Waals surface area contributed by atoms with Gasteiger partial charge in [0, 0.05) is 24.0 Å². The summed E-state index contributed by atoms with van der Waals surface area (Å²) in [5.41, 5.74) is 0.